The lowest BCUT2D eigenvalue weighted by Gasteiger charge is -2.11. The van der Waals surface area contributed by atoms with Crippen molar-refractivity contribution in [1.29, 1.82) is 0 Å². The van der Waals surface area contributed by atoms with E-state index in [0.29, 0.717) is 12.6 Å². The summed E-state index contributed by atoms with van der Waals surface area (Å²) in [5.41, 5.74) is 2.05. The average molecular weight is 282 g/mol. The molecule has 0 bridgehead atoms. The fourth-order valence-corrected chi connectivity index (χ4v) is 1.98. The van der Waals surface area contributed by atoms with Crippen LogP contribution < -0.4 is 5.32 Å². The Hall–Kier alpha value is -1.39. The highest BCUT2D eigenvalue weighted by Gasteiger charge is 2.06. The number of hydrogen-bond donors (Lipinski definition) is 1. The molecule has 5 heteroatoms. The van der Waals surface area contributed by atoms with E-state index in [0.717, 1.165) is 17.8 Å². The van der Waals surface area contributed by atoms with Crippen LogP contribution in [0.25, 0.3) is 0 Å². The van der Waals surface area contributed by atoms with Crippen LogP contribution in [0.4, 0.5) is 4.39 Å². The maximum Gasteiger partial charge on any atom is 0.141 e. The largest absolute Gasteiger partial charge is 0.329 e. The number of rotatable bonds is 5. The molecule has 0 aliphatic carbocycles. The van der Waals surface area contributed by atoms with E-state index in [-0.39, 0.29) is 5.02 Å². The van der Waals surface area contributed by atoms with Gasteiger partial charge in [0.2, 0.25) is 0 Å². The summed E-state index contributed by atoms with van der Waals surface area (Å²) in [6, 6.07) is 5.20. The van der Waals surface area contributed by atoms with Crippen LogP contribution in [-0.2, 0) is 13.1 Å². The van der Waals surface area contributed by atoms with Crippen LogP contribution >= 0.6 is 11.6 Å². The lowest BCUT2D eigenvalue weighted by Crippen LogP contribution is -2.23. The second-order valence-electron chi connectivity index (χ2n) is 4.80. The highest BCUT2D eigenvalue weighted by Crippen LogP contribution is 2.17. The first-order valence-corrected chi connectivity index (χ1v) is 6.60. The topological polar surface area (TPSA) is 29.9 Å². The number of nitrogens with one attached hydrogen (secondary N) is 1. The van der Waals surface area contributed by atoms with Gasteiger partial charge in [-0.2, -0.15) is 0 Å². The fraction of sp³-hybridized carbons (Fsp3) is 0.357. The second kappa shape index (κ2) is 6.17. The van der Waals surface area contributed by atoms with Gasteiger partial charge in [0.1, 0.15) is 5.82 Å². The number of hydrogen-bond acceptors (Lipinski definition) is 2. The first kappa shape index (κ1) is 14.0. The van der Waals surface area contributed by atoms with Crippen LogP contribution in [0.1, 0.15) is 25.1 Å². The van der Waals surface area contributed by atoms with Gasteiger partial charge in [0.15, 0.2) is 0 Å². The molecule has 0 aliphatic rings. The van der Waals surface area contributed by atoms with E-state index in [1.165, 1.54) is 6.07 Å². The Labute approximate surface area is 117 Å². The molecule has 0 fully saturated rings. The van der Waals surface area contributed by atoms with Crippen molar-refractivity contribution in [2.75, 3.05) is 0 Å². The molecule has 2 aromatic rings. The minimum Gasteiger partial charge on any atom is -0.329 e. The molecule has 1 aromatic heterocycles. The van der Waals surface area contributed by atoms with Gasteiger partial charge in [-0.15, -0.1) is 0 Å². The lowest BCUT2D eigenvalue weighted by atomic mass is 10.2. The summed E-state index contributed by atoms with van der Waals surface area (Å²) in [4.78, 5) is 4.15. The van der Waals surface area contributed by atoms with E-state index in [1.54, 1.807) is 18.5 Å². The molecule has 3 nitrogen and oxygen atoms in total. The van der Waals surface area contributed by atoms with Crippen LogP contribution in [0.5, 0.6) is 0 Å². The summed E-state index contributed by atoms with van der Waals surface area (Å²) in [5, 5.41) is 3.50. The van der Waals surface area contributed by atoms with E-state index in [9.17, 15) is 4.39 Å². The summed E-state index contributed by atoms with van der Waals surface area (Å²) in [5.74, 6) is -0.391. The normalized spacial score (nSPS) is 11.2. The Morgan fingerprint density at radius 2 is 2.21 bits per heavy atom. The van der Waals surface area contributed by atoms with Gasteiger partial charge in [-0.1, -0.05) is 31.5 Å². The van der Waals surface area contributed by atoms with Crippen molar-refractivity contribution in [2.24, 2.45) is 0 Å². The molecule has 0 aliphatic heterocycles. The number of aromatic nitrogens is 2. The smallest absolute Gasteiger partial charge is 0.141 e. The molecule has 1 N–H and O–H groups in total. The maximum absolute atomic E-state index is 13.1. The van der Waals surface area contributed by atoms with Gasteiger partial charge in [-0.05, 0) is 17.7 Å². The third-order valence-corrected chi connectivity index (χ3v) is 3.12. The predicted octanol–water partition coefficient (Wildman–Crippen LogP) is 3.22. The minimum atomic E-state index is -0.391. The first-order valence-electron chi connectivity index (χ1n) is 6.22. The molecule has 0 spiro atoms. The standard InChI is InChI=1S/C14H17ClFN3/c1-10(2)18-7-12-6-17-9-19(12)8-11-3-4-14(16)13(15)5-11/h3-6,9-10,18H,7-8H2,1-2H3. The zero-order chi connectivity index (χ0) is 13.8. The Morgan fingerprint density at radius 3 is 2.89 bits per heavy atom. The highest BCUT2D eigenvalue weighted by atomic mass is 35.5. The summed E-state index contributed by atoms with van der Waals surface area (Å²) >= 11 is 5.78. The minimum absolute atomic E-state index is 0.152. The predicted molar refractivity (Wildman–Crippen MR) is 74.7 cm³/mol. The zero-order valence-electron chi connectivity index (χ0n) is 11.0. The molecule has 0 radical (unpaired) electrons. The van der Waals surface area contributed by atoms with Crippen molar-refractivity contribution in [2.45, 2.75) is 33.0 Å². The van der Waals surface area contributed by atoms with E-state index in [2.05, 4.69) is 24.1 Å². The first-order chi connectivity index (χ1) is 9.06. The van der Waals surface area contributed by atoms with Crippen molar-refractivity contribution >= 4 is 11.6 Å². The SMILES string of the molecule is CC(C)NCc1cncn1Cc1ccc(F)c(Cl)c1. The van der Waals surface area contributed by atoms with Crippen LogP contribution in [0.15, 0.2) is 30.7 Å². The van der Waals surface area contributed by atoms with Crippen molar-refractivity contribution in [3.8, 4) is 0 Å². The van der Waals surface area contributed by atoms with E-state index >= 15 is 0 Å². The average Bonchev–Trinajstić information content (AvgIpc) is 2.79. The van der Waals surface area contributed by atoms with Crippen LogP contribution in [-0.4, -0.2) is 15.6 Å². The van der Waals surface area contributed by atoms with Gasteiger partial charge >= 0.3 is 0 Å². The van der Waals surface area contributed by atoms with E-state index < -0.39 is 5.82 Å². The Balaban J connectivity index is 2.10. The number of benzene rings is 1. The Kier molecular flexibility index (Phi) is 4.56. The van der Waals surface area contributed by atoms with Crippen LogP contribution in [0.2, 0.25) is 5.02 Å². The Bertz CT molecular complexity index is 551. The summed E-state index contributed by atoms with van der Waals surface area (Å²) in [6.07, 6.45) is 3.61. The van der Waals surface area contributed by atoms with Gasteiger partial charge in [-0.25, -0.2) is 9.37 Å². The van der Waals surface area contributed by atoms with Gasteiger partial charge in [0, 0.05) is 25.3 Å². The van der Waals surface area contributed by atoms with Gasteiger partial charge in [-0.3, -0.25) is 0 Å². The number of halogens is 2. The molecule has 1 aromatic carbocycles. The number of nitrogens with zero attached hydrogens (tertiary/aromatic N) is 2. The fourth-order valence-electron chi connectivity index (χ4n) is 1.78. The third-order valence-electron chi connectivity index (χ3n) is 2.83. The molecule has 0 atom stereocenters. The third kappa shape index (κ3) is 3.78. The van der Waals surface area contributed by atoms with Crippen LogP contribution in [0.3, 0.4) is 0 Å². The van der Waals surface area contributed by atoms with E-state index in [4.69, 9.17) is 11.6 Å². The van der Waals surface area contributed by atoms with Gasteiger partial charge < -0.3 is 9.88 Å². The molecule has 0 amide bonds. The number of imidazole rings is 1. The molecule has 102 valence electrons. The molecule has 1 heterocycles. The van der Waals surface area contributed by atoms with Crippen molar-refractivity contribution in [3.63, 3.8) is 0 Å². The molecule has 0 saturated carbocycles. The quantitative estimate of drug-likeness (QED) is 0.912. The zero-order valence-corrected chi connectivity index (χ0v) is 11.8. The molecular weight excluding hydrogens is 265 g/mol. The monoisotopic (exact) mass is 281 g/mol. The van der Waals surface area contributed by atoms with Crippen molar-refractivity contribution in [1.82, 2.24) is 14.9 Å². The van der Waals surface area contributed by atoms with Crippen LogP contribution in [0, 0.1) is 5.82 Å². The molecule has 19 heavy (non-hydrogen) atoms. The summed E-state index contributed by atoms with van der Waals surface area (Å²) in [6.45, 7) is 5.59. The second-order valence-corrected chi connectivity index (χ2v) is 5.20. The summed E-state index contributed by atoms with van der Waals surface area (Å²) < 4.78 is 15.1. The van der Waals surface area contributed by atoms with E-state index in [1.807, 2.05) is 10.8 Å². The molecule has 0 unspecified atom stereocenters. The van der Waals surface area contributed by atoms with Gasteiger partial charge in [0.05, 0.1) is 17.0 Å². The Morgan fingerprint density at radius 1 is 1.42 bits per heavy atom. The molecule has 2 rings (SSSR count). The molecule has 0 saturated heterocycles. The van der Waals surface area contributed by atoms with Crippen molar-refractivity contribution in [3.05, 3.63) is 52.8 Å². The molecular formula is C14H17ClFN3. The lowest BCUT2D eigenvalue weighted by molar-refractivity contribution is 0.564. The highest BCUT2D eigenvalue weighted by molar-refractivity contribution is 6.30. The van der Waals surface area contributed by atoms with Crippen molar-refractivity contribution < 1.29 is 4.39 Å². The maximum atomic E-state index is 13.1. The summed E-state index contributed by atoms with van der Waals surface area (Å²) in [7, 11) is 0. The van der Waals surface area contributed by atoms with Gasteiger partial charge in [0.25, 0.3) is 0 Å².